The fraction of sp³-hybridized carbons (Fsp3) is 0.250. The van der Waals surface area contributed by atoms with E-state index in [0.717, 1.165) is 18.7 Å². The molecule has 106 valence electrons. The lowest BCUT2D eigenvalue weighted by atomic mass is 10.1. The lowest BCUT2D eigenvalue weighted by Crippen LogP contribution is -2.17. The Hall–Kier alpha value is -1.58. The number of benzene rings is 2. The maximum atomic E-state index is 13.6. The van der Waals surface area contributed by atoms with Gasteiger partial charge in [-0.1, -0.05) is 29.8 Å². The molecule has 0 aliphatic rings. The van der Waals surface area contributed by atoms with Crippen molar-refractivity contribution in [2.45, 2.75) is 13.0 Å². The van der Waals surface area contributed by atoms with Gasteiger partial charge in [-0.15, -0.1) is 0 Å². The van der Waals surface area contributed by atoms with Gasteiger partial charge in [0, 0.05) is 17.1 Å². The van der Waals surface area contributed by atoms with Gasteiger partial charge in [0.1, 0.15) is 11.6 Å². The van der Waals surface area contributed by atoms with E-state index in [0.29, 0.717) is 17.1 Å². The lowest BCUT2D eigenvalue weighted by Gasteiger charge is -2.07. The van der Waals surface area contributed by atoms with Gasteiger partial charge in [-0.05, 0) is 42.8 Å². The SMILES string of the molecule is COc1cccc(CCNCc2ccc(Cl)cc2F)c1. The van der Waals surface area contributed by atoms with E-state index < -0.39 is 0 Å². The lowest BCUT2D eigenvalue weighted by molar-refractivity contribution is 0.414. The van der Waals surface area contributed by atoms with Crippen molar-refractivity contribution in [1.29, 1.82) is 0 Å². The van der Waals surface area contributed by atoms with E-state index >= 15 is 0 Å². The molecule has 0 saturated heterocycles. The van der Waals surface area contributed by atoms with Crippen molar-refractivity contribution in [2.24, 2.45) is 0 Å². The Morgan fingerprint density at radius 2 is 2.05 bits per heavy atom. The van der Waals surface area contributed by atoms with Gasteiger partial charge in [0.25, 0.3) is 0 Å². The Bertz CT molecular complexity index is 574. The average molecular weight is 294 g/mol. The first-order valence-corrected chi connectivity index (χ1v) is 6.84. The molecular formula is C16H17ClFNO. The molecule has 2 aromatic carbocycles. The average Bonchev–Trinajstić information content (AvgIpc) is 2.45. The van der Waals surface area contributed by atoms with Crippen molar-refractivity contribution in [3.63, 3.8) is 0 Å². The zero-order valence-corrected chi connectivity index (χ0v) is 12.1. The Balaban J connectivity index is 1.81. The number of ether oxygens (including phenoxy) is 1. The normalized spacial score (nSPS) is 10.6. The highest BCUT2D eigenvalue weighted by molar-refractivity contribution is 6.30. The van der Waals surface area contributed by atoms with Crippen LogP contribution in [0, 0.1) is 5.82 Å². The quantitative estimate of drug-likeness (QED) is 0.818. The summed E-state index contributed by atoms with van der Waals surface area (Å²) in [6.07, 6.45) is 0.867. The molecule has 2 nitrogen and oxygen atoms in total. The Morgan fingerprint density at radius 1 is 1.20 bits per heavy atom. The second-order valence-electron chi connectivity index (χ2n) is 4.51. The third kappa shape index (κ3) is 4.22. The van der Waals surface area contributed by atoms with E-state index in [-0.39, 0.29) is 5.82 Å². The first-order chi connectivity index (χ1) is 9.69. The van der Waals surface area contributed by atoms with Crippen LogP contribution in [-0.4, -0.2) is 13.7 Å². The van der Waals surface area contributed by atoms with E-state index in [1.54, 1.807) is 19.2 Å². The van der Waals surface area contributed by atoms with Crippen LogP contribution >= 0.6 is 11.6 Å². The zero-order chi connectivity index (χ0) is 14.4. The van der Waals surface area contributed by atoms with E-state index in [2.05, 4.69) is 5.32 Å². The zero-order valence-electron chi connectivity index (χ0n) is 11.3. The molecule has 0 fully saturated rings. The van der Waals surface area contributed by atoms with Gasteiger partial charge in [0.05, 0.1) is 7.11 Å². The van der Waals surface area contributed by atoms with Crippen molar-refractivity contribution in [3.8, 4) is 5.75 Å². The van der Waals surface area contributed by atoms with Crippen LogP contribution in [0.5, 0.6) is 5.75 Å². The Kier molecular flexibility index (Phi) is 5.39. The van der Waals surface area contributed by atoms with Crippen LogP contribution in [0.15, 0.2) is 42.5 Å². The van der Waals surface area contributed by atoms with Gasteiger partial charge in [-0.3, -0.25) is 0 Å². The molecule has 0 amide bonds. The molecule has 0 bridgehead atoms. The van der Waals surface area contributed by atoms with E-state index in [9.17, 15) is 4.39 Å². The molecule has 0 atom stereocenters. The van der Waals surface area contributed by atoms with Gasteiger partial charge in [0.15, 0.2) is 0 Å². The Labute approximate surface area is 123 Å². The third-order valence-corrected chi connectivity index (χ3v) is 3.29. The molecular weight excluding hydrogens is 277 g/mol. The van der Waals surface area contributed by atoms with Crippen molar-refractivity contribution in [3.05, 3.63) is 64.4 Å². The number of hydrogen-bond donors (Lipinski definition) is 1. The van der Waals surface area contributed by atoms with Crippen LogP contribution in [0.2, 0.25) is 5.02 Å². The topological polar surface area (TPSA) is 21.3 Å². The summed E-state index contributed by atoms with van der Waals surface area (Å²) in [6.45, 7) is 1.27. The summed E-state index contributed by atoms with van der Waals surface area (Å²) in [5.74, 6) is 0.581. The van der Waals surface area contributed by atoms with E-state index in [4.69, 9.17) is 16.3 Å². The minimum absolute atomic E-state index is 0.272. The fourth-order valence-corrected chi connectivity index (χ4v) is 2.11. The van der Waals surface area contributed by atoms with Crippen LogP contribution in [-0.2, 0) is 13.0 Å². The largest absolute Gasteiger partial charge is 0.497 e. The van der Waals surface area contributed by atoms with Crippen molar-refractivity contribution in [2.75, 3.05) is 13.7 Å². The van der Waals surface area contributed by atoms with Gasteiger partial charge < -0.3 is 10.1 Å². The second-order valence-corrected chi connectivity index (χ2v) is 4.95. The van der Waals surface area contributed by atoms with Crippen molar-refractivity contribution in [1.82, 2.24) is 5.32 Å². The first kappa shape index (κ1) is 14.8. The number of hydrogen-bond acceptors (Lipinski definition) is 2. The minimum atomic E-state index is -0.272. The smallest absolute Gasteiger partial charge is 0.129 e. The standard InChI is InChI=1S/C16H17ClFNO/c1-20-15-4-2-3-12(9-15)7-8-19-11-13-5-6-14(17)10-16(13)18/h2-6,9-10,19H,7-8,11H2,1H3. The summed E-state index contributed by atoms with van der Waals surface area (Å²) in [4.78, 5) is 0. The molecule has 0 heterocycles. The van der Waals surface area contributed by atoms with Crippen LogP contribution in [0.25, 0.3) is 0 Å². The third-order valence-electron chi connectivity index (χ3n) is 3.06. The molecule has 0 radical (unpaired) electrons. The maximum absolute atomic E-state index is 13.6. The number of rotatable bonds is 6. The van der Waals surface area contributed by atoms with Gasteiger partial charge in [-0.25, -0.2) is 4.39 Å². The van der Waals surface area contributed by atoms with Gasteiger partial charge in [-0.2, -0.15) is 0 Å². The highest BCUT2D eigenvalue weighted by Gasteiger charge is 2.02. The molecule has 0 spiro atoms. The summed E-state index contributed by atoms with van der Waals surface area (Å²) in [5, 5.41) is 3.64. The van der Waals surface area contributed by atoms with Crippen molar-refractivity contribution >= 4 is 11.6 Å². The molecule has 0 aliphatic carbocycles. The van der Waals surface area contributed by atoms with E-state index in [1.807, 2.05) is 24.3 Å². The summed E-state index contributed by atoms with van der Waals surface area (Å²) in [7, 11) is 1.65. The molecule has 0 saturated carbocycles. The summed E-state index contributed by atoms with van der Waals surface area (Å²) < 4.78 is 18.7. The van der Waals surface area contributed by atoms with Gasteiger partial charge in [0.2, 0.25) is 0 Å². The van der Waals surface area contributed by atoms with Crippen molar-refractivity contribution < 1.29 is 9.13 Å². The van der Waals surface area contributed by atoms with Crippen LogP contribution in [0.3, 0.4) is 0 Å². The summed E-state index contributed by atoms with van der Waals surface area (Å²) in [6, 6.07) is 12.7. The highest BCUT2D eigenvalue weighted by Crippen LogP contribution is 2.15. The molecule has 2 aromatic rings. The molecule has 20 heavy (non-hydrogen) atoms. The molecule has 0 unspecified atom stereocenters. The number of methoxy groups -OCH3 is 1. The monoisotopic (exact) mass is 293 g/mol. The maximum Gasteiger partial charge on any atom is 0.129 e. The Morgan fingerprint density at radius 3 is 2.80 bits per heavy atom. The second kappa shape index (κ2) is 7.27. The highest BCUT2D eigenvalue weighted by atomic mass is 35.5. The first-order valence-electron chi connectivity index (χ1n) is 6.46. The summed E-state index contributed by atoms with van der Waals surface area (Å²) >= 11 is 5.71. The molecule has 0 aromatic heterocycles. The predicted molar refractivity (Wildman–Crippen MR) is 79.8 cm³/mol. The minimum Gasteiger partial charge on any atom is -0.497 e. The summed E-state index contributed by atoms with van der Waals surface area (Å²) in [5.41, 5.74) is 1.81. The fourth-order valence-electron chi connectivity index (χ4n) is 1.95. The predicted octanol–water partition coefficient (Wildman–Crippen LogP) is 3.82. The molecule has 2 rings (SSSR count). The molecule has 1 N–H and O–H groups in total. The van der Waals surface area contributed by atoms with E-state index in [1.165, 1.54) is 11.6 Å². The molecule has 0 aliphatic heterocycles. The van der Waals surface area contributed by atoms with Gasteiger partial charge >= 0.3 is 0 Å². The van der Waals surface area contributed by atoms with Crippen LogP contribution < -0.4 is 10.1 Å². The van der Waals surface area contributed by atoms with Crippen LogP contribution in [0.4, 0.5) is 4.39 Å². The molecule has 4 heteroatoms. The number of halogens is 2. The number of nitrogens with one attached hydrogen (secondary N) is 1. The van der Waals surface area contributed by atoms with Crippen LogP contribution in [0.1, 0.15) is 11.1 Å².